The molecule has 2 saturated heterocycles. The number of likely N-dealkylation sites (tertiary alicyclic amines) is 1. The number of hydrogen-bond acceptors (Lipinski definition) is 5. The van der Waals surface area contributed by atoms with Crippen LogP contribution in [0.15, 0.2) is 0 Å². The maximum absolute atomic E-state index is 11.3. The number of carboxylic acids is 1. The highest BCUT2D eigenvalue weighted by Crippen LogP contribution is 2.21. The predicted octanol–water partition coefficient (Wildman–Crippen LogP) is -0.856. The van der Waals surface area contributed by atoms with Crippen molar-refractivity contribution in [2.75, 3.05) is 32.8 Å². The van der Waals surface area contributed by atoms with Crippen LogP contribution in [0.4, 0.5) is 0 Å². The Morgan fingerprint density at radius 1 is 1.31 bits per heavy atom. The van der Waals surface area contributed by atoms with Crippen molar-refractivity contribution < 1.29 is 19.7 Å². The van der Waals surface area contributed by atoms with E-state index in [-0.39, 0.29) is 0 Å². The van der Waals surface area contributed by atoms with Crippen LogP contribution in [0.1, 0.15) is 12.8 Å². The van der Waals surface area contributed by atoms with Gasteiger partial charge in [0.2, 0.25) is 0 Å². The summed E-state index contributed by atoms with van der Waals surface area (Å²) >= 11 is 0. The van der Waals surface area contributed by atoms with Gasteiger partial charge in [0, 0.05) is 19.6 Å². The molecule has 0 aromatic heterocycles. The topological polar surface area (TPSA) is 73.2 Å². The predicted molar refractivity (Wildman–Crippen MR) is 55.8 cm³/mol. The Morgan fingerprint density at radius 2 is 2.00 bits per heavy atom. The molecule has 2 atom stereocenters. The fourth-order valence-corrected chi connectivity index (χ4v) is 2.39. The van der Waals surface area contributed by atoms with Gasteiger partial charge in [-0.25, -0.2) is 4.79 Å². The number of aliphatic carboxylic acids is 1. The van der Waals surface area contributed by atoms with Gasteiger partial charge >= 0.3 is 5.97 Å². The molecular formula is C10H18N2O4. The summed E-state index contributed by atoms with van der Waals surface area (Å²) in [5.41, 5.74) is 0. The average Bonchev–Trinajstić information content (AvgIpc) is 2.66. The van der Waals surface area contributed by atoms with Crippen molar-refractivity contribution in [1.82, 2.24) is 9.80 Å². The Morgan fingerprint density at radius 3 is 2.50 bits per heavy atom. The van der Waals surface area contributed by atoms with Crippen molar-refractivity contribution in [2.24, 2.45) is 0 Å². The molecule has 6 nitrogen and oxygen atoms in total. The zero-order valence-corrected chi connectivity index (χ0v) is 9.21. The summed E-state index contributed by atoms with van der Waals surface area (Å²) in [6.45, 7) is 3.00. The molecule has 6 heteroatoms. The standard InChI is InChI=1S/C10H18N2O4/c13-8-2-1-3-12(8)9(10(14)15)11-4-6-16-7-5-11/h8-9,13H,1-7H2,(H,14,15)/t8-,9+/m0/s1. The van der Waals surface area contributed by atoms with Gasteiger partial charge in [-0.05, 0) is 12.8 Å². The second kappa shape index (κ2) is 5.09. The minimum Gasteiger partial charge on any atom is -0.479 e. The molecule has 0 spiro atoms. The van der Waals surface area contributed by atoms with E-state index in [1.165, 1.54) is 0 Å². The molecule has 0 aliphatic carbocycles. The highest BCUT2D eigenvalue weighted by atomic mass is 16.5. The van der Waals surface area contributed by atoms with Crippen molar-refractivity contribution >= 4 is 5.97 Å². The van der Waals surface area contributed by atoms with E-state index in [0.29, 0.717) is 39.3 Å². The van der Waals surface area contributed by atoms with Gasteiger partial charge in [-0.15, -0.1) is 0 Å². The molecule has 2 aliphatic rings. The van der Waals surface area contributed by atoms with Crippen molar-refractivity contribution in [3.8, 4) is 0 Å². The number of hydrogen-bond donors (Lipinski definition) is 2. The molecule has 92 valence electrons. The van der Waals surface area contributed by atoms with E-state index >= 15 is 0 Å². The minimum absolute atomic E-state index is 0.563. The third-order valence-electron chi connectivity index (χ3n) is 3.19. The van der Waals surface area contributed by atoms with Crippen LogP contribution in [-0.4, -0.2) is 71.2 Å². The smallest absolute Gasteiger partial charge is 0.336 e. The quantitative estimate of drug-likeness (QED) is 0.657. The Kier molecular flexibility index (Phi) is 3.75. The van der Waals surface area contributed by atoms with E-state index in [1.54, 1.807) is 4.90 Å². The molecular weight excluding hydrogens is 212 g/mol. The van der Waals surface area contributed by atoms with Gasteiger partial charge in [0.15, 0.2) is 6.17 Å². The van der Waals surface area contributed by atoms with Gasteiger partial charge in [-0.3, -0.25) is 9.80 Å². The Bertz CT molecular complexity index is 255. The lowest BCUT2D eigenvalue weighted by molar-refractivity contribution is -0.161. The summed E-state index contributed by atoms with van der Waals surface area (Å²) < 4.78 is 5.20. The summed E-state index contributed by atoms with van der Waals surface area (Å²) in [6, 6.07) is 0. The van der Waals surface area contributed by atoms with Crippen LogP contribution in [0.25, 0.3) is 0 Å². The van der Waals surface area contributed by atoms with Crippen LogP contribution < -0.4 is 0 Å². The Labute approximate surface area is 94.4 Å². The average molecular weight is 230 g/mol. The molecule has 16 heavy (non-hydrogen) atoms. The minimum atomic E-state index is -0.886. The van der Waals surface area contributed by atoms with Gasteiger partial charge in [0.25, 0.3) is 0 Å². The molecule has 0 aromatic carbocycles. The zero-order chi connectivity index (χ0) is 11.5. The number of aliphatic hydroxyl groups excluding tert-OH is 1. The number of carboxylic acid groups (broad SMARTS) is 1. The van der Waals surface area contributed by atoms with Crippen LogP contribution in [0.2, 0.25) is 0 Å². The number of rotatable bonds is 3. The SMILES string of the molecule is O=C(O)[C@H](N1CCOCC1)N1CCC[C@@H]1O. The lowest BCUT2D eigenvalue weighted by Crippen LogP contribution is -2.57. The van der Waals surface area contributed by atoms with Gasteiger partial charge in [0.05, 0.1) is 13.2 Å². The largest absolute Gasteiger partial charge is 0.479 e. The van der Waals surface area contributed by atoms with E-state index in [4.69, 9.17) is 4.74 Å². The van der Waals surface area contributed by atoms with Crippen LogP contribution in [0, 0.1) is 0 Å². The van der Waals surface area contributed by atoms with Gasteiger partial charge in [-0.2, -0.15) is 0 Å². The van der Waals surface area contributed by atoms with Crippen LogP contribution >= 0.6 is 0 Å². The second-order valence-electron chi connectivity index (χ2n) is 4.22. The van der Waals surface area contributed by atoms with E-state index < -0.39 is 18.4 Å². The zero-order valence-electron chi connectivity index (χ0n) is 9.21. The molecule has 0 saturated carbocycles. The van der Waals surface area contributed by atoms with Gasteiger partial charge < -0.3 is 14.9 Å². The summed E-state index contributed by atoms with van der Waals surface area (Å²) in [6.07, 6.45) is 0.189. The normalized spacial score (nSPS) is 30.4. The maximum Gasteiger partial charge on any atom is 0.336 e. The van der Waals surface area contributed by atoms with E-state index in [0.717, 1.165) is 6.42 Å². The van der Waals surface area contributed by atoms with Crippen molar-refractivity contribution in [3.05, 3.63) is 0 Å². The number of carbonyl (C=O) groups is 1. The van der Waals surface area contributed by atoms with Crippen molar-refractivity contribution in [3.63, 3.8) is 0 Å². The highest BCUT2D eigenvalue weighted by molar-refractivity contribution is 5.73. The summed E-state index contributed by atoms with van der Waals surface area (Å²) in [5, 5.41) is 19.0. The molecule has 2 fully saturated rings. The molecule has 2 rings (SSSR count). The van der Waals surface area contributed by atoms with Crippen LogP contribution in [-0.2, 0) is 9.53 Å². The molecule has 0 aromatic rings. The van der Waals surface area contributed by atoms with Crippen LogP contribution in [0.5, 0.6) is 0 Å². The number of aliphatic hydroxyl groups is 1. The Balaban J connectivity index is 2.06. The van der Waals surface area contributed by atoms with E-state index in [1.807, 2.05) is 4.90 Å². The molecule has 0 amide bonds. The molecule has 0 radical (unpaired) electrons. The lowest BCUT2D eigenvalue weighted by atomic mass is 10.3. The summed E-state index contributed by atoms with van der Waals surface area (Å²) in [4.78, 5) is 14.8. The maximum atomic E-state index is 11.3. The first-order valence-electron chi connectivity index (χ1n) is 5.68. The summed E-state index contributed by atoms with van der Waals surface area (Å²) in [5.74, 6) is -0.886. The molecule has 2 aliphatic heterocycles. The monoisotopic (exact) mass is 230 g/mol. The molecule has 2 N–H and O–H groups in total. The Hall–Kier alpha value is -0.690. The first kappa shape index (κ1) is 11.8. The van der Waals surface area contributed by atoms with Crippen LogP contribution in [0.3, 0.4) is 0 Å². The number of morpholine rings is 1. The molecule has 0 unspecified atom stereocenters. The second-order valence-corrected chi connectivity index (χ2v) is 4.22. The molecule has 0 bridgehead atoms. The van der Waals surface area contributed by atoms with E-state index in [2.05, 4.69) is 0 Å². The van der Waals surface area contributed by atoms with Gasteiger partial charge in [-0.1, -0.05) is 0 Å². The number of nitrogens with zero attached hydrogens (tertiary/aromatic N) is 2. The number of ether oxygens (including phenoxy) is 1. The lowest BCUT2D eigenvalue weighted by Gasteiger charge is -2.38. The van der Waals surface area contributed by atoms with Crippen molar-refractivity contribution in [1.29, 1.82) is 0 Å². The third-order valence-corrected chi connectivity index (χ3v) is 3.19. The third kappa shape index (κ3) is 2.35. The van der Waals surface area contributed by atoms with E-state index in [9.17, 15) is 15.0 Å². The first-order chi connectivity index (χ1) is 7.70. The molecule has 2 heterocycles. The fourth-order valence-electron chi connectivity index (χ4n) is 2.39. The highest BCUT2D eigenvalue weighted by Gasteiger charge is 2.38. The van der Waals surface area contributed by atoms with Crippen molar-refractivity contribution in [2.45, 2.75) is 25.2 Å². The fraction of sp³-hybridized carbons (Fsp3) is 0.900. The summed E-state index contributed by atoms with van der Waals surface area (Å²) in [7, 11) is 0. The van der Waals surface area contributed by atoms with Gasteiger partial charge in [0.1, 0.15) is 6.23 Å². The first-order valence-corrected chi connectivity index (χ1v) is 5.68.